The van der Waals surface area contributed by atoms with Crippen molar-refractivity contribution in [3.8, 4) is 17.0 Å². The van der Waals surface area contributed by atoms with Crippen LogP contribution in [0.15, 0.2) is 72.0 Å². The van der Waals surface area contributed by atoms with Crippen LogP contribution in [0.2, 0.25) is 0 Å². The van der Waals surface area contributed by atoms with Gasteiger partial charge < -0.3 is 4.74 Å². The highest BCUT2D eigenvalue weighted by atomic mass is 32.2. The molecule has 0 aliphatic carbocycles. The van der Waals surface area contributed by atoms with Gasteiger partial charge in [0.2, 0.25) is 0 Å². The predicted octanol–water partition coefficient (Wildman–Crippen LogP) is 3.65. The number of fused-ring (bicyclic) bond motifs is 1. The molecule has 0 spiro atoms. The van der Waals surface area contributed by atoms with Crippen molar-refractivity contribution >= 4 is 21.1 Å². The zero-order chi connectivity index (χ0) is 19.0. The molecule has 0 fully saturated rings. The van der Waals surface area contributed by atoms with Gasteiger partial charge in [-0.15, -0.1) is 0 Å². The molecule has 27 heavy (non-hydrogen) atoms. The summed E-state index contributed by atoms with van der Waals surface area (Å²) in [7, 11) is -2.31. The molecule has 0 aliphatic heterocycles. The Morgan fingerprint density at radius 3 is 2.56 bits per heavy atom. The number of hydrogen-bond donors (Lipinski definition) is 0. The van der Waals surface area contributed by atoms with E-state index in [1.807, 2.05) is 6.92 Å². The normalized spacial score (nSPS) is 11.6. The van der Waals surface area contributed by atoms with Crippen molar-refractivity contribution in [2.24, 2.45) is 0 Å². The van der Waals surface area contributed by atoms with Crippen molar-refractivity contribution in [1.29, 1.82) is 0 Å². The van der Waals surface area contributed by atoms with Gasteiger partial charge in [0, 0.05) is 18.0 Å². The number of hydrogen-bond acceptors (Lipinski definition) is 5. The van der Waals surface area contributed by atoms with E-state index in [1.165, 1.54) is 11.1 Å². The minimum Gasteiger partial charge on any atom is -0.494 e. The predicted molar refractivity (Wildman–Crippen MR) is 103 cm³/mol. The molecule has 0 radical (unpaired) electrons. The molecule has 0 saturated heterocycles. The zero-order valence-corrected chi connectivity index (χ0v) is 15.6. The summed E-state index contributed by atoms with van der Waals surface area (Å²) in [4.78, 5) is 8.59. The Hall–Kier alpha value is -3.19. The number of nitrogens with zero attached hydrogens (tertiary/aromatic N) is 3. The van der Waals surface area contributed by atoms with Crippen LogP contribution in [0, 0.1) is 6.92 Å². The van der Waals surface area contributed by atoms with Gasteiger partial charge in [0.25, 0.3) is 10.0 Å². The molecule has 7 heteroatoms. The minimum atomic E-state index is -3.84. The van der Waals surface area contributed by atoms with Gasteiger partial charge in [-0.25, -0.2) is 12.4 Å². The maximum absolute atomic E-state index is 13.5. The smallest absolute Gasteiger partial charge is 0.268 e. The van der Waals surface area contributed by atoms with E-state index >= 15 is 0 Å². The zero-order valence-electron chi connectivity index (χ0n) is 14.8. The summed E-state index contributed by atoms with van der Waals surface area (Å²) in [6, 6.07) is 13.7. The van der Waals surface area contributed by atoms with E-state index in [0.717, 1.165) is 5.56 Å². The van der Waals surface area contributed by atoms with E-state index in [0.29, 0.717) is 28.0 Å². The molecular formula is C20H17N3O3S. The third kappa shape index (κ3) is 2.86. The van der Waals surface area contributed by atoms with Crippen LogP contribution in [0.4, 0.5) is 0 Å². The van der Waals surface area contributed by atoms with E-state index in [-0.39, 0.29) is 4.90 Å². The molecular weight excluding hydrogens is 362 g/mol. The quantitative estimate of drug-likeness (QED) is 0.541. The molecule has 3 heterocycles. The summed E-state index contributed by atoms with van der Waals surface area (Å²) in [6.07, 6.45) is 4.80. The molecule has 6 nitrogen and oxygen atoms in total. The van der Waals surface area contributed by atoms with Gasteiger partial charge in [-0.3, -0.25) is 9.97 Å². The SMILES string of the molecule is COc1cnccc1-c1cc2ncccc2n1S(=O)(=O)c1ccc(C)cc1. The van der Waals surface area contributed by atoms with E-state index in [1.54, 1.807) is 67.1 Å². The monoisotopic (exact) mass is 379 g/mol. The van der Waals surface area contributed by atoms with Gasteiger partial charge in [-0.05, 0) is 43.3 Å². The summed E-state index contributed by atoms with van der Waals surface area (Å²) >= 11 is 0. The summed E-state index contributed by atoms with van der Waals surface area (Å²) in [6.45, 7) is 1.92. The van der Waals surface area contributed by atoms with Crippen molar-refractivity contribution in [3.63, 3.8) is 0 Å². The van der Waals surface area contributed by atoms with Gasteiger partial charge in [0.1, 0.15) is 5.75 Å². The lowest BCUT2D eigenvalue weighted by atomic mass is 10.2. The number of aryl methyl sites for hydroxylation is 1. The van der Waals surface area contributed by atoms with Gasteiger partial charge in [0.15, 0.2) is 0 Å². The third-order valence-electron chi connectivity index (χ3n) is 4.37. The standard InChI is InChI=1S/C20H17N3O3S/c1-14-5-7-15(8-6-14)27(24,25)23-18-4-3-10-22-17(18)12-19(23)16-9-11-21-13-20(16)26-2/h3-13H,1-2H3. The van der Waals surface area contributed by atoms with Gasteiger partial charge >= 0.3 is 0 Å². The first kappa shape index (κ1) is 17.2. The lowest BCUT2D eigenvalue weighted by molar-refractivity contribution is 0.414. The lowest BCUT2D eigenvalue weighted by Crippen LogP contribution is -2.14. The highest BCUT2D eigenvalue weighted by Gasteiger charge is 2.25. The molecule has 0 unspecified atom stereocenters. The van der Waals surface area contributed by atoms with Crippen molar-refractivity contribution in [2.75, 3.05) is 7.11 Å². The number of rotatable bonds is 4. The summed E-state index contributed by atoms with van der Waals surface area (Å²) < 4.78 is 33.7. The summed E-state index contributed by atoms with van der Waals surface area (Å²) in [5.41, 5.74) is 3.18. The summed E-state index contributed by atoms with van der Waals surface area (Å²) in [5.74, 6) is 0.487. The molecule has 136 valence electrons. The molecule has 3 aromatic heterocycles. The first-order valence-corrected chi connectivity index (χ1v) is 9.73. The highest BCUT2D eigenvalue weighted by Crippen LogP contribution is 2.35. The van der Waals surface area contributed by atoms with Crippen molar-refractivity contribution in [1.82, 2.24) is 13.9 Å². The Labute approximate surface area is 157 Å². The highest BCUT2D eigenvalue weighted by molar-refractivity contribution is 7.90. The van der Waals surface area contributed by atoms with Crippen LogP contribution >= 0.6 is 0 Å². The van der Waals surface area contributed by atoms with Crippen LogP contribution in [-0.2, 0) is 10.0 Å². The number of ether oxygens (including phenoxy) is 1. The van der Waals surface area contributed by atoms with Crippen molar-refractivity contribution in [3.05, 3.63) is 72.7 Å². The molecule has 0 bridgehead atoms. The fraction of sp³-hybridized carbons (Fsp3) is 0.100. The van der Waals surface area contributed by atoms with Gasteiger partial charge in [-0.2, -0.15) is 0 Å². The molecule has 0 amide bonds. The number of pyridine rings is 2. The van der Waals surface area contributed by atoms with Gasteiger partial charge in [-0.1, -0.05) is 17.7 Å². The van der Waals surface area contributed by atoms with E-state index < -0.39 is 10.0 Å². The topological polar surface area (TPSA) is 74.1 Å². The van der Waals surface area contributed by atoms with E-state index in [2.05, 4.69) is 9.97 Å². The van der Waals surface area contributed by atoms with E-state index in [4.69, 9.17) is 4.74 Å². The Balaban J connectivity index is 2.06. The second kappa shape index (κ2) is 6.51. The molecule has 1 aromatic carbocycles. The average molecular weight is 379 g/mol. The maximum atomic E-state index is 13.5. The van der Waals surface area contributed by atoms with Crippen LogP contribution < -0.4 is 4.74 Å². The third-order valence-corrected chi connectivity index (χ3v) is 6.11. The lowest BCUT2D eigenvalue weighted by Gasteiger charge is -2.14. The van der Waals surface area contributed by atoms with Crippen LogP contribution in [0.5, 0.6) is 5.75 Å². The molecule has 0 saturated carbocycles. The molecule has 4 aromatic rings. The Morgan fingerprint density at radius 1 is 1.04 bits per heavy atom. The van der Waals surface area contributed by atoms with Crippen molar-refractivity contribution < 1.29 is 13.2 Å². The van der Waals surface area contributed by atoms with Crippen LogP contribution in [-0.4, -0.2) is 29.5 Å². The average Bonchev–Trinajstić information content (AvgIpc) is 3.08. The number of aromatic nitrogens is 3. The van der Waals surface area contributed by atoms with Crippen LogP contribution in [0.3, 0.4) is 0 Å². The Morgan fingerprint density at radius 2 is 1.81 bits per heavy atom. The number of methoxy groups -OCH3 is 1. The molecule has 4 rings (SSSR count). The van der Waals surface area contributed by atoms with Gasteiger partial charge in [0.05, 0.1) is 34.9 Å². The Kier molecular flexibility index (Phi) is 4.16. The molecule has 0 N–H and O–H groups in total. The minimum absolute atomic E-state index is 0.212. The van der Waals surface area contributed by atoms with Crippen LogP contribution in [0.25, 0.3) is 22.3 Å². The number of benzene rings is 1. The first-order valence-electron chi connectivity index (χ1n) is 8.29. The fourth-order valence-electron chi connectivity index (χ4n) is 3.03. The maximum Gasteiger partial charge on any atom is 0.268 e. The van der Waals surface area contributed by atoms with Crippen molar-refractivity contribution in [2.45, 2.75) is 11.8 Å². The second-order valence-corrected chi connectivity index (χ2v) is 7.88. The molecule has 0 atom stereocenters. The summed E-state index contributed by atoms with van der Waals surface area (Å²) in [5, 5.41) is 0. The van der Waals surface area contributed by atoms with E-state index in [9.17, 15) is 8.42 Å². The second-order valence-electron chi connectivity index (χ2n) is 6.10. The first-order chi connectivity index (χ1) is 13.0. The van der Waals surface area contributed by atoms with Crippen LogP contribution in [0.1, 0.15) is 5.56 Å². The largest absolute Gasteiger partial charge is 0.494 e. The Bertz CT molecular complexity index is 1230. The fourth-order valence-corrected chi connectivity index (χ4v) is 4.54. The molecule has 0 aliphatic rings.